The van der Waals surface area contributed by atoms with Gasteiger partial charge in [0.05, 0.1) is 25.4 Å². The van der Waals surface area contributed by atoms with Gasteiger partial charge in [-0.2, -0.15) is 0 Å². The zero-order chi connectivity index (χ0) is 22.4. The molecule has 3 N–H and O–H groups in total. The third-order valence-corrected chi connectivity index (χ3v) is 5.03. The number of ether oxygens (including phenoxy) is 2. The molecule has 8 heteroatoms. The Morgan fingerprint density at radius 1 is 1.25 bits per heavy atom. The SMILES string of the molecule is CCNC(=NCc1ccc(OC)c(NC(C)=O)c1)NC1CC(C)(C)Oc2ccccc21.I. The number of hydrogen-bond acceptors (Lipinski definition) is 4. The number of carbonyl (C=O) groups excluding carboxylic acids is 1. The summed E-state index contributed by atoms with van der Waals surface area (Å²) in [6.07, 6.45) is 0.823. The third kappa shape index (κ3) is 6.75. The molecule has 0 radical (unpaired) electrons. The molecule has 1 amide bonds. The number of para-hydroxylation sites is 1. The number of carbonyl (C=O) groups is 1. The second-order valence-corrected chi connectivity index (χ2v) is 8.21. The molecular formula is C24H33IN4O3. The Balaban J connectivity index is 0.00000363. The highest BCUT2D eigenvalue weighted by Gasteiger charge is 2.33. The summed E-state index contributed by atoms with van der Waals surface area (Å²) in [6, 6.07) is 13.9. The van der Waals surface area contributed by atoms with Crippen molar-refractivity contribution in [2.24, 2.45) is 4.99 Å². The maximum Gasteiger partial charge on any atom is 0.221 e. The predicted molar refractivity (Wildman–Crippen MR) is 139 cm³/mol. The Bertz CT molecular complexity index is 962. The van der Waals surface area contributed by atoms with Gasteiger partial charge in [0.2, 0.25) is 5.91 Å². The number of nitrogens with one attached hydrogen (secondary N) is 3. The number of methoxy groups -OCH3 is 1. The molecule has 0 aliphatic carbocycles. The van der Waals surface area contributed by atoms with Crippen LogP contribution in [0.5, 0.6) is 11.5 Å². The second kappa shape index (κ2) is 11.4. The Morgan fingerprint density at radius 3 is 2.69 bits per heavy atom. The average molecular weight is 552 g/mol. The first-order valence-electron chi connectivity index (χ1n) is 10.6. The van der Waals surface area contributed by atoms with Crippen LogP contribution in [0, 0.1) is 0 Å². The van der Waals surface area contributed by atoms with Gasteiger partial charge in [-0.05, 0) is 44.5 Å². The van der Waals surface area contributed by atoms with Crippen LogP contribution < -0.4 is 25.4 Å². The minimum atomic E-state index is -0.271. The molecule has 1 atom stereocenters. The molecular weight excluding hydrogens is 519 g/mol. The number of anilines is 1. The summed E-state index contributed by atoms with van der Waals surface area (Å²) in [5, 5.41) is 9.71. The van der Waals surface area contributed by atoms with E-state index in [1.807, 2.05) is 43.3 Å². The third-order valence-electron chi connectivity index (χ3n) is 5.03. The van der Waals surface area contributed by atoms with E-state index in [1.165, 1.54) is 6.92 Å². The molecule has 3 rings (SSSR count). The Hall–Kier alpha value is -2.49. The summed E-state index contributed by atoms with van der Waals surface area (Å²) in [6.45, 7) is 8.93. The number of aliphatic imine (C=N–C) groups is 1. The number of fused-ring (bicyclic) bond motifs is 1. The largest absolute Gasteiger partial charge is 0.495 e. The Morgan fingerprint density at radius 2 is 2.00 bits per heavy atom. The molecule has 0 bridgehead atoms. The molecule has 1 heterocycles. The van der Waals surface area contributed by atoms with Crippen LogP contribution in [-0.2, 0) is 11.3 Å². The fourth-order valence-electron chi connectivity index (χ4n) is 3.73. The summed E-state index contributed by atoms with van der Waals surface area (Å²) >= 11 is 0. The van der Waals surface area contributed by atoms with Crippen LogP contribution in [0.2, 0.25) is 0 Å². The molecule has 0 aromatic heterocycles. The van der Waals surface area contributed by atoms with Crippen molar-refractivity contribution in [3.63, 3.8) is 0 Å². The maximum atomic E-state index is 11.5. The molecule has 2 aromatic rings. The van der Waals surface area contributed by atoms with Crippen LogP contribution in [0.25, 0.3) is 0 Å². The van der Waals surface area contributed by atoms with E-state index in [2.05, 4.69) is 35.9 Å². The summed E-state index contributed by atoms with van der Waals surface area (Å²) in [5.41, 5.74) is 2.46. The molecule has 2 aromatic carbocycles. The van der Waals surface area contributed by atoms with Gasteiger partial charge < -0.3 is 25.4 Å². The monoisotopic (exact) mass is 552 g/mol. The first-order valence-corrected chi connectivity index (χ1v) is 10.6. The van der Waals surface area contributed by atoms with E-state index in [-0.39, 0.29) is 41.5 Å². The van der Waals surface area contributed by atoms with E-state index >= 15 is 0 Å². The highest BCUT2D eigenvalue weighted by atomic mass is 127. The Labute approximate surface area is 207 Å². The van der Waals surface area contributed by atoms with Crippen molar-refractivity contribution in [2.45, 2.75) is 52.3 Å². The summed E-state index contributed by atoms with van der Waals surface area (Å²) in [5.74, 6) is 2.11. The van der Waals surface area contributed by atoms with Crippen molar-refractivity contribution in [1.29, 1.82) is 0 Å². The zero-order valence-corrected chi connectivity index (χ0v) is 21.7. The van der Waals surface area contributed by atoms with Crippen LogP contribution in [0.4, 0.5) is 5.69 Å². The highest BCUT2D eigenvalue weighted by molar-refractivity contribution is 14.0. The lowest BCUT2D eigenvalue weighted by Crippen LogP contribution is -2.45. The van der Waals surface area contributed by atoms with Crippen LogP contribution >= 0.6 is 24.0 Å². The molecule has 1 aliphatic rings. The van der Waals surface area contributed by atoms with Crippen LogP contribution in [0.15, 0.2) is 47.5 Å². The summed E-state index contributed by atoms with van der Waals surface area (Å²) in [4.78, 5) is 16.3. The number of rotatable bonds is 6. The van der Waals surface area contributed by atoms with E-state index in [9.17, 15) is 4.79 Å². The lowest BCUT2D eigenvalue weighted by molar-refractivity contribution is -0.114. The maximum absolute atomic E-state index is 11.5. The van der Waals surface area contributed by atoms with Gasteiger partial charge in [0.1, 0.15) is 17.1 Å². The van der Waals surface area contributed by atoms with Crippen LogP contribution in [0.3, 0.4) is 0 Å². The lowest BCUT2D eigenvalue weighted by Gasteiger charge is -2.38. The molecule has 1 aliphatic heterocycles. The quantitative estimate of drug-likeness (QED) is 0.277. The summed E-state index contributed by atoms with van der Waals surface area (Å²) < 4.78 is 11.5. The van der Waals surface area contributed by atoms with E-state index < -0.39 is 0 Å². The van der Waals surface area contributed by atoms with Crippen molar-refractivity contribution < 1.29 is 14.3 Å². The van der Waals surface area contributed by atoms with Crippen molar-refractivity contribution in [1.82, 2.24) is 10.6 Å². The number of guanidine groups is 1. The standard InChI is InChI=1S/C24H32N4O3.HI/c1-6-25-23(26-15-17-11-12-22(30-5)19(13-17)27-16(2)29)28-20-14-24(3,4)31-21-10-8-7-9-18(20)21;/h7-13,20H,6,14-15H2,1-5H3,(H,27,29)(H2,25,26,28);1H. The van der Waals surface area contributed by atoms with E-state index in [0.717, 1.165) is 35.8 Å². The topological polar surface area (TPSA) is 84.0 Å². The van der Waals surface area contributed by atoms with Crippen molar-refractivity contribution in [3.8, 4) is 11.5 Å². The van der Waals surface area contributed by atoms with Gasteiger partial charge in [-0.25, -0.2) is 4.99 Å². The van der Waals surface area contributed by atoms with Gasteiger partial charge in [-0.1, -0.05) is 24.3 Å². The van der Waals surface area contributed by atoms with Gasteiger partial charge in [-0.15, -0.1) is 24.0 Å². The number of benzene rings is 2. The van der Waals surface area contributed by atoms with Crippen LogP contribution in [0.1, 0.15) is 51.3 Å². The molecule has 0 saturated heterocycles. The summed E-state index contributed by atoms with van der Waals surface area (Å²) in [7, 11) is 1.58. The first-order chi connectivity index (χ1) is 14.8. The van der Waals surface area contributed by atoms with E-state index in [4.69, 9.17) is 14.5 Å². The van der Waals surface area contributed by atoms with Gasteiger partial charge in [0.25, 0.3) is 0 Å². The van der Waals surface area contributed by atoms with Gasteiger partial charge in [0, 0.05) is 25.5 Å². The number of halogens is 1. The second-order valence-electron chi connectivity index (χ2n) is 8.21. The molecule has 32 heavy (non-hydrogen) atoms. The molecule has 0 fully saturated rings. The lowest BCUT2D eigenvalue weighted by atomic mass is 9.90. The predicted octanol–water partition coefficient (Wildman–Crippen LogP) is 4.63. The number of hydrogen-bond donors (Lipinski definition) is 3. The molecule has 174 valence electrons. The van der Waals surface area contributed by atoms with Crippen molar-refractivity contribution >= 4 is 41.5 Å². The normalized spacial score (nSPS) is 16.7. The minimum absolute atomic E-state index is 0. The fraction of sp³-hybridized carbons (Fsp3) is 0.417. The van der Waals surface area contributed by atoms with E-state index in [1.54, 1.807) is 7.11 Å². The molecule has 7 nitrogen and oxygen atoms in total. The molecule has 1 unspecified atom stereocenters. The first kappa shape index (κ1) is 25.8. The van der Waals surface area contributed by atoms with Gasteiger partial charge in [-0.3, -0.25) is 4.79 Å². The fourth-order valence-corrected chi connectivity index (χ4v) is 3.73. The van der Waals surface area contributed by atoms with Gasteiger partial charge >= 0.3 is 0 Å². The molecule has 0 spiro atoms. The van der Waals surface area contributed by atoms with Crippen molar-refractivity contribution in [2.75, 3.05) is 19.0 Å². The Kier molecular flexibility index (Phi) is 9.18. The van der Waals surface area contributed by atoms with Crippen molar-refractivity contribution in [3.05, 3.63) is 53.6 Å². The molecule has 0 saturated carbocycles. The minimum Gasteiger partial charge on any atom is -0.495 e. The van der Waals surface area contributed by atoms with E-state index in [0.29, 0.717) is 18.0 Å². The van der Waals surface area contributed by atoms with Crippen LogP contribution in [-0.4, -0.2) is 31.1 Å². The zero-order valence-electron chi connectivity index (χ0n) is 19.3. The highest BCUT2D eigenvalue weighted by Crippen LogP contribution is 2.39. The average Bonchev–Trinajstić information content (AvgIpc) is 2.71. The smallest absolute Gasteiger partial charge is 0.221 e. The number of amides is 1. The van der Waals surface area contributed by atoms with Gasteiger partial charge in [0.15, 0.2) is 5.96 Å². The number of nitrogens with zero attached hydrogens (tertiary/aromatic N) is 1.